The molecule has 3 atom stereocenters. The number of ether oxygens (including phenoxy) is 1. The largest absolute Gasteiger partial charge is 0.372 e. The molecule has 4 amide bonds. The van der Waals surface area contributed by atoms with Crippen molar-refractivity contribution in [2.75, 3.05) is 24.0 Å². The van der Waals surface area contributed by atoms with Gasteiger partial charge in [-0.1, -0.05) is 15.1 Å². The number of halogens is 1. The number of benzene rings is 1. The van der Waals surface area contributed by atoms with Crippen LogP contribution in [0.5, 0.6) is 0 Å². The number of carbonyl (C=O) groups is 3. The maximum absolute atomic E-state index is 15.8. The summed E-state index contributed by atoms with van der Waals surface area (Å²) in [5.41, 5.74) is -1.29. The first kappa shape index (κ1) is 21.0. The first-order valence-electron chi connectivity index (χ1n) is 10.2. The van der Waals surface area contributed by atoms with E-state index in [2.05, 4.69) is 15.8 Å². The molecule has 2 aromatic rings. The summed E-state index contributed by atoms with van der Waals surface area (Å²) in [6.45, 7) is 3.73. The number of aromatic nitrogens is 1. The van der Waals surface area contributed by atoms with Crippen LogP contribution in [0.3, 0.4) is 0 Å². The number of nitrogens with one attached hydrogen (secondary N) is 2. The van der Waals surface area contributed by atoms with Crippen LogP contribution in [0, 0.1) is 11.2 Å². The molecule has 2 saturated heterocycles. The summed E-state index contributed by atoms with van der Waals surface area (Å²) in [4.78, 5) is 39.8. The standard InChI is InChI=1S/C20H23FN4O6S/c1-8-7-25-13-10(5-11-14(12(13)21)31-24-16(11)32(3,4)29)6-20(15(25)9(2)30-8)17(26)22-19(28)23-18(20)27/h5,8-9,15,32H,6-7H2,1-4H3,(H2,22,23,26,27,28)/t8-,9+,15-/m1/s1. The van der Waals surface area contributed by atoms with Crippen LogP contribution in [-0.4, -0.2) is 64.5 Å². The number of carbonyl (C=O) groups excluding carboxylic acids is 3. The fraction of sp³-hybridized carbons (Fsp3) is 0.500. The number of nitrogens with zero attached hydrogens (tertiary/aromatic N) is 2. The minimum Gasteiger partial charge on any atom is -0.372 e. The Morgan fingerprint density at radius 3 is 2.50 bits per heavy atom. The molecule has 5 rings (SSSR count). The van der Waals surface area contributed by atoms with Gasteiger partial charge in [0.1, 0.15) is 0 Å². The molecule has 0 unspecified atom stereocenters. The Balaban J connectivity index is 1.80. The monoisotopic (exact) mass is 466 g/mol. The van der Waals surface area contributed by atoms with E-state index in [1.54, 1.807) is 17.9 Å². The molecule has 2 fully saturated rings. The molecule has 3 aliphatic heterocycles. The highest BCUT2D eigenvalue weighted by molar-refractivity contribution is 8.01. The summed E-state index contributed by atoms with van der Waals surface area (Å²) < 4.78 is 39.7. The van der Waals surface area contributed by atoms with Crippen molar-refractivity contribution in [1.29, 1.82) is 0 Å². The van der Waals surface area contributed by atoms with Crippen LogP contribution < -0.4 is 15.5 Å². The fourth-order valence-electron chi connectivity index (χ4n) is 5.32. The summed E-state index contributed by atoms with van der Waals surface area (Å²) in [6.07, 6.45) is 1.89. The van der Waals surface area contributed by atoms with Gasteiger partial charge in [-0.25, -0.2) is 9.18 Å². The summed E-state index contributed by atoms with van der Waals surface area (Å²) in [5, 5.41) is 8.61. The molecule has 0 aliphatic carbocycles. The van der Waals surface area contributed by atoms with Crippen LogP contribution in [0.4, 0.5) is 14.9 Å². The van der Waals surface area contributed by atoms with Crippen LogP contribution in [0.2, 0.25) is 0 Å². The number of morpholine rings is 1. The predicted molar refractivity (Wildman–Crippen MR) is 113 cm³/mol. The van der Waals surface area contributed by atoms with Gasteiger partial charge in [0.15, 0.2) is 16.3 Å². The minimum atomic E-state index is -2.90. The third kappa shape index (κ3) is 2.68. The molecule has 0 radical (unpaired) electrons. The van der Waals surface area contributed by atoms with Crippen LogP contribution in [0.15, 0.2) is 15.6 Å². The number of fused-ring (bicyclic) bond motifs is 5. The average molecular weight is 466 g/mol. The molecule has 1 aromatic carbocycles. The van der Waals surface area contributed by atoms with Gasteiger partial charge in [-0.05, 0) is 38.0 Å². The number of barbiturate groups is 1. The zero-order valence-corrected chi connectivity index (χ0v) is 18.8. The number of urea groups is 1. The third-order valence-corrected chi connectivity index (χ3v) is 7.80. The van der Waals surface area contributed by atoms with Gasteiger partial charge in [0.2, 0.25) is 17.4 Å². The zero-order valence-electron chi connectivity index (χ0n) is 17.9. The lowest BCUT2D eigenvalue weighted by Gasteiger charge is -2.55. The van der Waals surface area contributed by atoms with Crippen LogP contribution in [-0.2, 0) is 30.7 Å². The maximum Gasteiger partial charge on any atom is 0.328 e. The molecule has 12 heteroatoms. The lowest BCUT2D eigenvalue weighted by molar-refractivity contribution is -0.153. The van der Waals surface area contributed by atoms with Gasteiger partial charge in [-0.3, -0.25) is 24.4 Å². The van der Waals surface area contributed by atoms with Crippen molar-refractivity contribution in [1.82, 2.24) is 15.8 Å². The first-order chi connectivity index (χ1) is 14.9. The molecule has 4 heterocycles. The smallest absolute Gasteiger partial charge is 0.328 e. The van der Waals surface area contributed by atoms with E-state index < -0.39 is 51.2 Å². The Labute approximate surface area is 183 Å². The highest BCUT2D eigenvalue weighted by Crippen LogP contribution is 2.49. The van der Waals surface area contributed by atoms with E-state index in [-0.39, 0.29) is 40.8 Å². The number of rotatable bonds is 1. The van der Waals surface area contributed by atoms with Crippen molar-refractivity contribution in [3.8, 4) is 0 Å². The predicted octanol–water partition coefficient (Wildman–Crippen LogP) is 0.493. The Morgan fingerprint density at radius 1 is 1.22 bits per heavy atom. The van der Waals surface area contributed by atoms with E-state index in [0.29, 0.717) is 5.56 Å². The summed E-state index contributed by atoms with van der Waals surface area (Å²) >= 11 is 0. The van der Waals surface area contributed by atoms with Gasteiger partial charge in [0.05, 0.1) is 29.3 Å². The van der Waals surface area contributed by atoms with Gasteiger partial charge in [-0.2, -0.15) is 0 Å². The van der Waals surface area contributed by atoms with Crippen LogP contribution in [0.1, 0.15) is 19.4 Å². The van der Waals surface area contributed by atoms with Crippen molar-refractivity contribution in [2.45, 2.75) is 43.5 Å². The number of imide groups is 2. The molecule has 10 nitrogen and oxygen atoms in total. The maximum atomic E-state index is 15.8. The molecular weight excluding hydrogens is 443 g/mol. The van der Waals surface area contributed by atoms with Gasteiger partial charge < -0.3 is 14.2 Å². The molecule has 1 aromatic heterocycles. The van der Waals surface area contributed by atoms with Crippen molar-refractivity contribution >= 4 is 44.4 Å². The summed E-state index contributed by atoms with van der Waals surface area (Å²) in [6, 6.07) is -0.183. The molecule has 0 bridgehead atoms. The number of hydrogen-bond donors (Lipinski definition) is 3. The molecular formula is C20H23FN4O6S. The second-order valence-corrected chi connectivity index (χ2v) is 12.2. The SMILES string of the molecule is C[C@@H]1CN2c3c(cc4c([SH](C)(C)=O)noc4c3F)CC3(C(=O)NC(=O)NC3=O)[C@H]2[C@H](C)O1. The van der Waals surface area contributed by atoms with Gasteiger partial charge in [0.25, 0.3) is 0 Å². The average Bonchev–Trinajstić information content (AvgIpc) is 3.10. The fourth-order valence-corrected chi connectivity index (χ4v) is 6.31. The van der Waals surface area contributed by atoms with Crippen molar-refractivity contribution in [3.05, 3.63) is 17.4 Å². The highest BCUT2D eigenvalue weighted by atomic mass is 32.2. The van der Waals surface area contributed by atoms with Gasteiger partial charge >= 0.3 is 6.03 Å². The number of anilines is 1. The topological polar surface area (TPSA) is 131 Å². The lowest BCUT2D eigenvalue weighted by Crippen LogP contribution is -2.75. The first-order valence-corrected chi connectivity index (χ1v) is 12.8. The Bertz CT molecular complexity index is 1230. The van der Waals surface area contributed by atoms with Crippen LogP contribution >= 0.6 is 0 Å². The van der Waals surface area contributed by atoms with Gasteiger partial charge in [-0.15, -0.1) is 0 Å². The van der Waals surface area contributed by atoms with E-state index in [1.807, 2.05) is 6.92 Å². The highest BCUT2D eigenvalue weighted by Gasteiger charge is 2.63. The molecule has 3 aliphatic rings. The Hall–Kier alpha value is -2.86. The van der Waals surface area contributed by atoms with Gasteiger partial charge in [0, 0.05) is 13.0 Å². The van der Waals surface area contributed by atoms with E-state index in [9.17, 15) is 18.6 Å². The summed E-state index contributed by atoms with van der Waals surface area (Å²) in [7, 11) is -2.90. The van der Waals surface area contributed by atoms with E-state index in [0.717, 1.165) is 0 Å². The number of amides is 4. The van der Waals surface area contributed by atoms with Crippen LogP contribution in [0.25, 0.3) is 11.0 Å². The molecule has 172 valence electrons. The molecule has 2 N–H and O–H groups in total. The lowest BCUT2D eigenvalue weighted by atomic mass is 9.66. The van der Waals surface area contributed by atoms with Crippen molar-refractivity contribution in [3.63, 3.8) is 0 Å². The molecule has 1 spiro atoms. The molecule has 32 heavy (non-hydrogen) atoms. The Morgan fingerprint density at radius 2 is 1.88 bits per heavy atom. The third-order valence-electron chi connectivity index (χ3n) is 6.46. The van der Waals surface area contributed by atoms with E-state index >= 15 is 4.39 Å². The number of hydrogen-bond acceptors (Lipinski definition) is 8. The molecule has 0 saturated carbocycles. The number of thiol groups is 1. The second-order valence-electron chi connectivity index (χ2n) is 9.07. The van der Waals surface area contributed by atoms with E-state index in [4.69, 9.17) is 9.26 Å². The normalized spacial score (nSPS) is 27.7. The second kappa shape index (κ2) is 6.58. The summed E-state index contributed by atoms with van der Waals surface area (Å²) in [5.74, 6) is -2.22. The van der Waals surface area contributed by atoms with Crippen molar-refractivity contribution < 1.29 is 32.2 Å². The van der Waals surface area contributed by atoms with Crippen molar-refractivity contribution in [2.24, 2.45) is 5.41 Å². The quantitative estimate of drug-likeness (QED) is 0.409. The van der Waals surface area contributed by atoms with E-state index in [1.165, 1.54) is 12.5 Å². The zero-order chi connectivity index (χ0) is 23.2. The minimum absolute atomic E-state index is 0.128. The Kier molecular flexibility index (Phi) is 4.32.